The van der Waals surface area contributed by atoms with Crippen LogP contribution in [0, 0.1) is 0 Å². The molecule has 0 unspecified atom stereocenters. The van der Waals surface area contributed by atoms with Gasteiger partial charge in [-0.25, -0.2) is 4.79 Å². The minimum Gasteiger partial charge on any atom is -0.508 e. The summed E-state index contributed by atoms with van der Waals surface area (Å²) in [6.07, 6.45) is -0.391. The molecule has 0 saturated heterocycles. The van der Waals surface area contributed by atoms with E-state index in [1.165, 1.54) is 12.0 Å². The second-order valence-corrected chi connectivity index (χ2v) is 7.83. The van der Waals surface area contributed by atoms with Gasteiger partial charge in [-0.3, -0.25) is 9.78 Å². The number of pyridine rings is 1. The molecule has 0 bridgehead atoms. The number of benzene rings is 1. The summed E-state index contributed by atoms with van der Waals surface area (Å²) < 4.78 is 10.2. The van der Waals surface area contributed by atoms with Crippen LogP contribution >= 0.6 is 0 Å². The van der Waals surface area contributed by atoms with Gasteiger partial charge in [0.15, 0.2) is 0 Å². The van der Waals surface area contributed by atoms with E-state index in [1.807, 2.05) is 18.2 Å². The molecule has 1 N–H and O–H groups in total. The zero-order valence-electron chi connectivity index (χ0n) is 17.5. The molecule has 1 aromatic heterocycles. The Kier molecular flexibility index (Phi) is 7.20. The van der Waals surface area contributed by atoms with Gasteiger partial charge in [0.25, 0.3) is 0 Å². The summed E-state index contributed by atoms with van der Waals surface area (Å²) in [7, 11) is 2.96. The van der Waals surface area contributed by atoms with E-state index in [9.17, 15) is 14.7 Å². The average molecular weight is 400 g/mol. The third-order valence-corrected chi connectivity index (χ3v) is 4.19. The summed E-state index contributed by atoms with van der Waals surface area (Å²) in [5.41, 5.74) is 1.59. The molecule has 0 aliphatic carbocycles. The topological polar surface area (TPSA) is 89.0 Å². The summed E-state index contributed by atoms with van der Waals surface area (Å²) in [6, 6.07) is 12.2. The van der Waals surface area contributed by atoms with Gasteiger partial charge in [0.05, 0.1) is 19.2 Å². The zero-order chi connectivity index (χ0) is 21.6. The zero-order valence-corrected chi connectivity index (χ0v) is 17.5. The van der Waals surface area contributed by atoms with Gasteiger partial charge in [0.2, 0.25) is 0 Å². The number of hydrogen-bond acceptors (Lipinski definition) is 6. The Balaban J connectivity index is 2.27. The standard InChI is InChI=1S/C22H28N2O5/c1-22(2,3)29-21(27)24(4)14-16(13-20(26)28-5)19-8-6-7-18(23-19)15-9-11-17(25)12-10-15/h6-12,16,25H,13-14H2,1-5H3/t16-/m1/s1. The van der Waals surface area contributed by atoms with Crippen LogP contribution in [0.25, 0.3) is 11.3 Å². The summed E-state index contributed by atoms with van der Waals surface area (Å²) in [4.78, 5) is 30.4. The van der Waals surface area contributed by atoms with E-state index in [-0.39, 0.29) is 30.6 Å². The minimum atomic E-state index is -0.611. The fourth-order valence-corrected chi connectivity index (χ4v) is 2.76. The smallest absolute Gasteiger partial charge is 0.410 e. The largest absolute Gasteiger partial charge is 0.508 e. The molecule has 1 amide bonds. The van der Waals surface area contributed by atoms with Crippen molar-refractivity contribution in [2.24, 2.45) is 0 Å². The van der Waals surface area contributed by atoms with Crippen LogP contribution in [0.5, 0.6) is 5.75 Å². The van der Waals surface area contributed by atoms with Crippen LogP contribution in [0.4, 0.5) is 4.79 Å². The number of hydrogen-bond donors (Lipinski definition) is 1. The average Bonchev–Trinajstić information content (AvgIpc) is 2.66. The Hall–Kier alpha value is -3.09. The number of esters is 1. The maximum absolute atomic E-state index is 12.3. The lowest BCUT2D eigenvalue weighted by Gasteiger charge is -2.27. The number of nitrogens with zero attached hydrogens (tertiary/aromatic N) is 2. The SMILES string of the molecule is COC(=O)C[C@H](CN(C)C(=O)OC(C)(C)C)c1cccc(-c2ccc(O)cc2)n1. The Bertz CT molecular complexity index is 843. The predicted molar refractivity (Wildman–Crippen MR) is 110 cm³/mol. The van der Waals surface area contributed by atoms with E-state index >= 15 is 0 Å². The number of likely N-dealkylation sites (N-methyl/N-ethyl adjacent to an activating group) is 1. The summed E-state index contributed by atoms with van der Waals surface area (Å²) in [5, 5.41) is 9.48. The molecule has 7 heteroatoms. The second-order valence-electron chi connectivity index (χ2n) is 7.83. The van der Waals surface area contributed by atoms with Gasteiger partial charge in [-0.2, -0.15) is 0 Å². The highest BCUT2D eigenvalue weighted by molar-refractivity contribution is 5.71. The number of aromatic nitrogens is 1. The fraction of sp³-hybridized carbons (Fsp3) is 0.409. The fourth-order valence-electron chi connectivity index (χ4n) is 2.76. The van der Waals surface area contributed by atoms with Gasteiger partial charge in [0.1, 0.15) is 11.4 Å². The molecular formula is C22H28N2O5. The molecule has 1 aromatic carbocycles. The lowest BCUT2D eigenvalue weighted by Crippen LogP contribution is -2.37. The van der Waals surface area contributed by atoms with Crippen molar-refractivity contribution in [2.45, 2.75) is 38.7 Å². The van der Waals surface area contributed by atoms with Crippen LogP contribution in [0.2, 0.25) is 0 Å². The van der Waals surface area contributed by atoms with Gasteiger partial charge < -0.3 is 19.5 Å². The number of phenols is 1. The summed E-state index contributed by atoms with van der Waals surface area (Å²) >= 11 is 0. The first-order valence-electron chi connectivity index (χ1n) is 9.36. The Morgan fingerprint density at radius 2 is 1.79 bits per heavy atom. The quantitative estimate of drug-likeness (QED) is 0.738. The Morgan fingerprint density at radius 3 is 2.38 bits per heavy atom. The molecule has 2 aromatic rings. The van der Waals surface area contributed by atoms with Gasteiger partial charge in [-0.15, -0.1) is 0 Å². The first kappa shape index (κ1) is 22.2. The van der Waals surface area contributed by atoms with E-state index in [4.69, 9.17) is 9.47 Å². The highest BCUT2D eigenvalue weighted by Crippen LogP contribution is 2.25. The van der Waals surface area contributed by atoms with Crippen molar-refractivity contribution in [3.05, 3.63) is 48.2 Å². The highest BCUT2D eigenvalue weighted by atomic mass is 16.6. The Morgan fingerprint density at radius 1 is 1.14 bits per heavy atom. The van der Waals surface area contributed by atoms with E-state index in [2.05, 4.69) is 4.98 Å². The molecule has 0 radical (unpaired) electrons. The van der Waals surface area contributed by atoms with Crippen molar-refractivity contribution < 1.29 is 24.2 Å². The van der Waals surface area contributed by atoms with Crippen molar-refractivity contribution in [1.29, 1.82) is 0 Å². The number of phenolic OH excluding ortho intramolecular Hbond substituents is 1. The van der Waals surface area contributed by atoms with Crippen LogP contribution < -0.4 is 0 Å². The van der Waals surface area contributed by atoms with E-state index in [0.717, 1.165) is 5.56 Å². The number of aromatic hydroxyl groups is 1. The maximum Gasteiger partial charge on any atom is 0.410 e. The molecule has 156 valence electrons. The maximum atomic E-state index is 12.3. The molecule has 29 heavy (non-hydrogen) atoms. The van der Waals surface area contributed by atoms with Crippen LogP contribution in [0.15, 0.2) is 42.5 Å². The molecule has 0 aliphatic rings. The molecule has 2 rings (SSSR count). The van der Waals surface area contributed by atoms with Crippen molar-refractivity contribution >= 4 is 12.1 Å². The number of carbonyl (C=O) groups excluding carboxylic acids is 2. The monoisotopic (exact) mass is 400 g/mol. The third-order valence-electron chi connectivity index (χ3n) is 4.19. The van der Waals surface area contributed by atoms with E-state index < -0.39 is 11.7 Å². The van der Waals surface area contributed by atoms with Crippen molar-refractivity contribution in [3.63, 3.8) is 0 Å². The van der Waals surface area contributed by atoms with Crippen LogP contribution in [-0.4, -0.2) is 53.4 Å². The molecule has 0 aliphatic heterocycles. The van der Waals surface area contributed by atoms with Gasteiger partial charge >= 0.3 is 12.1 Å². The number of ether oxygens (including phenoxy) is 2. The lowest BCUT2D eigenvalue weighted by molar-refractivity contribution is -0.141. The molecule has 0 fully saturated rings. The van der Waals surface area contributed by atoms with Crippen LogP contribution in [0.3, 0.4) is 0 Å². The normalized spacial score (nSPS) is 12.2. The molecule has 1 heterocycles. The molecule has 7 nitrogen and oxygen atoms in total. The van der Waals surface area contributed by atoms with Crippen LogP contribution in [0.1, 0.15) is 38.8 Å². The number of methoxy groups -OCH3 is 1. The van der Waals surface area contributed by atoms with E-state index in [1.54, 1.807) is 52.1 Å². The van der Waals surface area contributed by atoms with Crippen molar-refractivity contribution in [2.75, 3.05) is 20.7 Å². The summed E-state index contributed by atoms with van der Waals surface area (Å²) in [5.74, 6) is -0.575. The summed E-state index contributed by atoms with van der Waals surface area (Å²) in [6.45, 7) is 5.64. The third kappa shape index (κ3) is 6.78. The Labute approximate surface area is 171 Å². The van der Waals surface area contributed by atoms with Gasteiger partial charge in [-0.1, -0.05) is 6.07 Å². The predicted octanol–water partition coefficient (Wildman–Crippen LogP) is 3.97. The highest BCUT2D eigenvalue weighted by Gasteiger charge is 2.25. The first-order chi connectivity index (χ1) is 13.6. The van der Waals surface area contributed by atoms with Crippen LogP contribution in [-0.2, 0) is 14.3 Å². The van der Waals surface area contributed by atoms with Crippen molar-refractivity contribution in [3.8, 4) is 17.0 Å². The molecule has 0 spiro atoms. The van der Waals surface area contributed by atoms with Crippen molar-refractivity contribution in [1.82, 2.24) is 9.88 Å². The second kappa shape index (κ2) is 9.41. The number of carbonyl (C=O) groups is 2. The van der Waals surface area contributed by atoms with E-state index in [0.29, 0.717) is 11.4 Å². The number of rotatable bonds is 6. The first-order valence-corrected chi connectivity index (χ1v) is 9.36. The minimum absolute atomic E-state index is 0.0790. The van der Waals surface area contributed by atoms with Gasteiger partial charge in [-0.05, 0) is 57.2 Å². The molecule has 1 atom stereocenters. The lowest BCUT2D eigenvalue weighted by atomic mass is 9.99. The van der Waals surface area contributed by atoms with Gasteiger partial charge in [0, 0.05) is 30.8 Å². The molecule has 0 saturated carbocycles. The molecular weight excluding hydrogens is 372 g/mol. The number of amides is 1.